The summed E-state index contributed by atoms with van der Waals surface area (Å²) < 4.78 is 5.17. The fourth-order valence-electron chi connectivity index (χ4n) is 2.54. The van der Waals surface area contributed by atoms with Gasteiger partial charge < -0.3 is 10.5 Å². The lowest BCUT2D eigenvalue weighted by molar-refractivity contribution is 0.415. The predicted octanol–water partition coefficient (Wildman–Crippen LogP) is 5.18. The molecule has 0 radical (unpaired) electrons. The first-order valence-corrected chi connectivity index (χ1v) is 8.10. The number of benzene rings is 2. The summed E-state index contributed by atoms with van der Waals surface area (Å²) in [6, 6.07) is 16.4. The quantitative estimate of drug-likeness (QED) is 0.689. The number of ether oxygens (including phenoxy) is 1. The Bertz CT molecular complexity index is 959. The van der Waals surface area contributed by atoms with Crippen LogP contribution in [-0.2, 0) is 0 Å². The number of nitrogens with two attached hydrogens (primary N) is 1. The molecule has 0 unspecified atom stereocenters. The number of nitrogen functional groups attached to an aromatic ring is 1. The van der Waals surface area contributed by atoms with Crippen LogP contribution in [0.1, 0.15) is 5.56 Å². The molecule has 124 valence electrons. The largest absolute Gasteiger partial charge is 0.497 e. The van der Waals surface area contributed by atoms with Crippen LogP contribution < -0.4 is 10.5 Å². The van der Waals surface area contributed by atoms with Crippen LogP contribution in [0.2, 0.25) is 10.0 Å². The second-order valence-electron chi connectivity index (χ2n) is 5.25. The van der Waals surface area contributed by atoms with E-state index in [1.807, 2.05) is 24.3 Å². The van der Waals surface area contributed by atoms with Crippen molar-refractivity contribution in [2.75, 3.05) is 12.8 Å². The minimum absolute atomic E-state index is 0.127. The Labute approximate surface area is 155 Å². The van der Waals surface area contributed by atoms with E-state index in [4.69, 9.17) is 33.7 Å². The highest BCUT2D eigenvalue weighted by atomic mass is 35.5. The summed E-state index contributed by atoms with van der Waals surface area (Å²) in [4.78, 5) is 4.34. The van der Waals surface area contributed by atoms with Crippen molar-refractivity contribution in [3.63, 3.8) is 0 Å². The number of nitrogens with zero attached hydrogens (tertiary/aromatic N) is 2. The zero-order valence-corrected chi connectivity index (χ0v) is 14.8. The Morgan fingerprint density at radius 3 is 2.28 bits per heavy atom. The van der Waals surface area contributed by atoms with Crippen molar-refractivity contribution in [1.82, 2.24) is 4.98 Å². The molecule has 3 aromatic rings. The molecule has 0 spiro atoms. The van der Waals surface area contributed by atoms with Crippen molar-refractivity contribution in [3.05, 3.63) is 64.1 Å². The fraction of sp³-hybridized carbons (Fsp3) is 0.0526. The van der Waals surface area contributed by atoms with Crippen molar-refractivity contribution in [1.29, 1.82) is 5.26 Å². The number of aromatic nitrogens is 1. The zero-order chi connectivity index (χ0) is 18.0. The van der Waals surface area contributed by atoms with Crippen molar-refractivity contribution in [2.45, 2.75) is 0 Å². The van der Waals surface area contributed by atoms with Gasteiger partial charge >= 0.3 is 0 Å². The van der Waals surface area contributed by atoms with Crippen molar-refractivity contribution >= 4 is 29.0 Å². The number of hydrogen-bond donors (Lipinski definition) is 1. The van der Waals surface area contributed by atoms with Gasteiger partial charge in [0, 0.05) is 26.7 Å². The van der Waals surface area contributed by atoms with Crippen LogP contribution >= 0.6 is 23.2 Å². The molecule has 4 nitrogen and oxygen atoms in total. The van der Waals surface area contributed by atoms with Crippen LogP contribution in [0.4, 0.5) is 5.82 Å². The summed E-state index contributed by atoms with van der Waals surface area (Å²) in [6.07, 6.45) is 0. The highest BCUT2D eigenvalue weighted by molar-refractivity contribution is 6.39. The van der Waals surface area contributed by atoms with E-state index in [1.54, 1.807) is 31.4 Å². The second kappa shape index (κ2) is 7.02. The van der Waals surface area contributed by atoms with Gasteiger partial charge in [-0.3, -0.25) is 0 Å². The standard InChI is InChI=1S/C19H13Cl2N3O/c1-25-12-7-5-11(6-8-12)17-9-13(14(10-22)19(23)24-17)18-15(20)3-2-4-16(18)21/h2-9H,1H3,(H2,23,24). The molecule has 0 aliphatic carbocycles. The maximum absolute atomic E-state index is 9.50. The van der Waals surface area contributed by atoms with Crippen LogP contribution in [0.25, 0.3) is 22.4 Å². The summed E-state index contributed by atoms with van der Waals surface area (Å²) in [5, 5.41) is 10.4. The number of pyridine rings is 1. The minimum Gasteiger partial charge on any atom is -0.497 e. The molecule has 0 bridgehead atoms. The van der Waals surface area contributed by atoms with E-state index in [0.29, 0.717) is 26.9 Å². The molecular weight excluding hydrogens is 357 g/mol. The molecule has 0 aliphatic heterocycles. The SMILES string of the molecule is COc1ccc(-c2cc(-c3c(Cl)cccc3Cl)c(C#N)c(N)n2)cc1. The van der Waals surface area contributed by atoms with Crippen LogP contribution in [-0.4, -0.2) is 12.1 Å². The number of hydrogen-bond acceptors (Lipinski definition) is 4. The Balaban J connectivity index is 2.24. The summed E-state index contributed by atoms with van der Waals surface area (Å²) in [7, 11) is 1.60. The summed E-state index contributed by atoms with van der Waals surface area (Å²) in [5.74, 6) is 0.863. The highest BCUT2D eigenvalue weighted by Crippen LogP contribution is 2.39. The maximum Gasteiger partial charge on any atom is 0.142 e. The zero-order valence-electron chi connectivity index (χ0n) is 13.3. The normalized spacial score (nSPS) is 10.3. The van der Waals surface area contributed by atoms with Gasteiger partial charge in [0.1, 0.15) is 23.2 Å². The summed E-state index contributed by atoms with van der Waals surface area (Å²) in [5.41, 5.74) is 8.83. The average molecular weight is 370 g/mol. The molecule has 0 saturated heterocycles. The second-order valence-corrected chi connectivity index (χ2v) is 6.07. The molecule has 1 heterocycles. The molecule has 1 aromatic heterocycles. The maximum atomic E-state index is 9.50. The fourth-order valence-corrected chi connectivity index (χ4v) is 3.15. The van der Waals surface area contributed by atoms with E-state index >= 15 is 0 Å². The first-order valence-electron chi connectivity index (χ1n) is 7.34. The van der Waals surface area contributed by atoms with Gasteiger partial charge in [-0.25, -0.2) is 4.98 Å². The molecule has 6 heteroatoms. The number of nitriles is 1. The monoisotopic (exact) mass is 369 g/mol. The van der Waals surface area contributed by atoms with Crippen molar-refractivity contribution < 1.29 is 4.74 Å². The van der Waals surface area contributed by atoms with Gasteiger partial charge in [0.05, 0.1) is 12.8 Å². The third kappa shape index (κ3) is 3.25. The van der Waals surface area contributed by atoms with Gasteiger partial charge in [-0.05, 0) is 42.5 Å². The lowest BCUT2D eigenvalue weighted by Gasteiger charge is -2.13. The highest BCUT2D eigenvalue weighted by Gasteiger charge is 2.17. The molecule has 0 fully saturated rings. The predicted molar refractivity (Wildman–Crippen MR) is 101 cm³/mol. The van der Waals surface area contributed by atoms with E-state index in [9.17, 15) is 5.26 Å². The Kier molecular flexibility index (Phi) is 4.80. The Morgan fingerprint density at radius 1 is 1.08 bits per heavy atom. The van der Waals surface area contributed by atoms with Crippen LogP contribution in [0, 0.1) is 11.3 Å². The van der Waals surface area contributed by atoms with Crippen LogP contribution in [0.15, 0.2) is 48.5 Å². The van der Waals surface area contributed by atoms with Gasteiger partial charge in [0.15, 0.2) is 0 Å². The molecule has 0 atom stereocenters. The topological polar surface area (TPSA) is 71.9 Å². The van der Waals surface area contributed by atoms with Crippen molar-refractivity contribution in [2.24, 2.45) is 0 Å². The number of methoxy groups -OCH3 is 1. The molecule has 25 heavy (non-hydrogen) atoms. The van der Waals surface area contributed by atoms with Gasteiger partial charge in [0.25, 0.3) is 0 Å². The first kappa shape index (κ1) is 17.1. The van der Waals surface area contributed by atoms with E-state index < -0.39 is 0 Å². The lowest BCUT2D eigenvalue weighted by atomic mass is 9.98. The van der Waals surface area contributed by atoms with E-state index in [0.717, 1.165) is 11.3 Å². The molecule has 2 aromatic carbocycles. The third-order valence-electron chi connectivity index (χ3n) is 3.78. The number of anilines is 1. The molecular formula is C19H13Cl2N3O. The van der Waals surface area contributed by atoms with Gasteiger partial charge in [-0.15, -0.1) is 0 Å². The van der Waals surface area contributed by atoms with E-state index in [-0.39, 0.29) is 11.4 Å². The van der Waals surface area contributed by atoms with Gasteiger partial charge in [-0.1, -0.05) is 29.3 Å². The Morgan fingerprint density at radius 2 is 1.72 bits per heavy atom. The summed E-state index contributed by atoms with van der Waals surface area (Å²) >= 11 is 12.6. The van der Waals surface area contributed by atoms with Crippen molar-refractivity contribution in [3.8, 4) is 34.2 Å². The summed E-state index contributed by atoms with van der Waals surface area (Å²) in [6.45, 7) is 0. The lowest BCUT2D eigenvalue weighted by Crippen LogP contribution is -2.00. The first-order chi connectivity index (χ1) is 12.0. The molecule has 0 saturated carbocycles. The molecule has 0 aliphatic rings. The van der Waals surface area contributed by atoms with Gasteiger partial charge in [0.2, 0.25) is 0 Å². The van der Waals surface area contributed by atoms with Crippen LogP contribution in [0.3, 0.4) is 0 Å². The number of halogens is 2. The third-order valence-corrected chi connectivity index (χ3v) is 4.41. The average Bonchev–Trinajstić information content (AvgIpc) is 2.61. The molecule has 3 rings (SSSR count). The minimum atomic E-state index is 0.127. The Hall–Kier alpha value is -2.74. The van der Waals surface area contributed by atoms with E-state index in [1.165, 1.54) is 0 Å². The number of rotatable bonds is 3. The van der Waals surface area contributed by atoms with Crippen LogP contribution in [0.5, 0.6) is 5.75 Å². The smallest absolute Gasteiger partial charge is 0.142 e. The van der Waals surface area contributed by atoms with E-state index in [2.05, 4.69) is 11.1 Å². The molecule has 2 N–H and O–H groups in total. The van der Waals surface area contributed by atoms with Gasteiger partial charge in [-0.2, -0.15) is 5.26 Å². The molecule has 0 amide bonds.